The van der Waals surface area contributed by atoms with Crippen molar-refractivity contribution in [1.29, 1.82) is 0 Å². The normalized spacial score (nSPS) is 28.7. The second kappa shape index (κ2) is 4.22. The molecule has 0 aromatic heterocycles. The largest absolute Gasteiger partial charge is 0.313 e. The molecule has 14 heavy (non-hydrogen) atoms. The van der Waals surface area contributed by atoms with Gasteiger partial charge in [-0.2, -0.15) is 0 Å². The van der Waals surface area contributed by atoms with E-state index in [2.05, 4.69) is 19.2 Å². The van der Waals surface area contributed by atoms with Crippen LogP contribution in [-0.2, 0) is 0 Å². The molecule has 2 saturated carbocycles. The van der Waals surface area contributed by atoms with Gasteiger partial charge in [-0.1, -0.05) is 26.2 Å². The lowest BCUT2D eigenvalue weighted by molar-refractivity contribution is 0.271. The van der Waals surface area contributed by atoms with Crippen molar-refractivity contribution in [2.45, 2.75) is 64.8 Å². The van der Waals surface area contributed by atoms with Crippen molar-refractivity contribution >= 4 is 0 Å². The van der Waals surface area contributed by atoms with Gasteiger partial charge in [0.15, 0.2) is 0 Å². The summed E-state index contributed by atoms with van der Waals surface area (Å²) in [4.78, 5) is 0. The zero-order chi connectivity index (χ0) is 10.0. The van der Waals surface area contributed by atoms with Gasteiger partial charge in [0.1, 0.15) is 0 Å². The first-order valence-electron chi connectivity index (χ1n) is 6.43. The SMILES string of the molecule is CC(NCC1(C)CC1)C1CCCCC1. The smallest absolute Gasteiger partial charge is 0.00672 e. The van der Waals surface area contributed by atoms with E-state index in [9.17, 15) is 0 Å². The van der Waals surface area contributed by atoms with Crippen molar-refractivity contribution in [3.05, 3.63) is 0 Å². The van der Waals surface area contributed by atoms with Gasteiger partial charge < -0.3 is 5.32 Å². The van der Waals surface area contributed by atoms with E-state index >= 15 is 0 Å². The lowest BCUT2D eigenvalue weighted by Gasteiger charge is -2.29. The van der Waals surface area contributed by atoms with E-state index in [4.69, 9.17) is 0 Å². The minimum absolute atomic E-state index is 0.670. The predicted octanol–water partition coefficient (Wildman–Crippen LogP) is 3.34. The second-order valence-corrected chi connectivity index (χ2v) is 5.88. The van der Waals surface area contributed by atoms with Crippen LogP contribution >= 0.6 is 0 Å². The molecule has 2 aliphatic rings. The van der Waals surface area contributed by atoms with Gasteiger partial charge in [-0.15, -0.1) is 0 Å². The van der Waals surface area contributed by atoms with E-state index in [1.165, 1.54) is 51.5 Å². The van der Waals surface area contributed by atoms with Crippen LogP contribution in [0.4, 0.5) is 0 Å². The van der Waals surface area contributed by atoms with Gasteiger partial charge in [-0.05, 0) is 43.9 Å². The molecule has 1 N–H and O–H groups in total. The fraction of sp³-hybridized carbons (Fsp3) is 1.00. The van der Waals surface area contributed by atoms with E-state index in [1.807, 2.05) is 0 Å². The number of hydrogen-bond acceptors (Lipinski definition) is 1. The van der Waals surface area contributed by atoms with E-state index in [0.717, 1.165) is 12.0 Å². The average Bonchev–Trinajstić information content (AvgIpc) is 2.95. The first-order chi connectivity index (χ1) is 6.70. The predicted molar refractivity (Wildman–Crippen MR) is 61.4 cm³/mol. The molecule has 2 aliphatic carbocycles. The first kappa shape index (κ1) is 10.5. The van der Waals surface area contributed by atoms with E-state index in [0.29, 0.717) is 5.41 Å². The highest BCUT2D eigenvalue weighted by atomic mass is 14.9. The summed E-state index contributed by atoms with van der Waals surface area (Å²) in [5.41, 5.74) is 0.670. The van der Waals surface area contributed by atoms with Crippen LogP contribution in [0, 0.1) is 11.3 Å². The molecule has 0 spiro atoms. The fourth-order valence-corrected chi connectivity index (χ4v) is 2.60. The minimum Gasteiger partial charge on any atom is -0.313 e. The molecule has 0 radical (unpaired) electrons. The minimum atomic E-state index is 0.670. The van der Waals surface area contributed by atoms with Crippen molar-refractivity contribution in [3.8, 4) is 0 Å². The Morgan fingerprint density at radius 2 is 1.86 bits per heavy atom. The zero-order valence-corrected chi connectivity index (χ0v) is 9.81. The number of nitrogens with one attached hydrogen (secondary N) is 1. The van der Waals surface area contributed by atoms with Crippen LogP contribution in [0.2, 0.25) is 0 Å². The molecule has 0 aromatic carbocycles. The lowest BCUT2D eigenvalue weighted by Crippen LogP contribution is -2.37. The van der Waals surface area contributed by atoms with Crippen LogP contribution in [0.5, 0.6) is 0 Å². The van der Waals surface area contributed by atoms with Crippen molar-refractivity contribution in [1.82, 2.24) is 5.32 Å². The zero-order valence-electron chi connectivity index (χ0n) is 9.81. The van der Waals surface area contributed by atoms with Gasteiger partial charge in [0.05, 0.1) is 0 Å². The van der Waals surface area contributed by atoms with Crippen molar-refractivity contribution in [2.24, 2.45) is 11.3 Å². The van der Waals surface area contributed by atoms with Gasteiger partial charge >= 0.3 is 0 Å². The topological polar surface area (TPSA) is 12.0 Å². The quantitative estimate of drug-likeness (QED) is 0.725. The summed E-state index contributed by atoms with van der Waals surface area (Å²) in [6.07, 6.45) is 10.2. The molecule has 0 aromatic rings. The summed E-state index contributed by atoms with van der Waals surface area (Å²) >= 11 is 0. The molecule has 0 aliphatic heterocycles. The van der Waals surface area contributed by atoms with Crippen LogP contribution in [0.25, 0.3) is 0 Å². The molecule has 2 fully saturated rings. The molecule has 0 bridgehead atoms. The maximum atomic E-state index is 3.75. The molecule has 1 heteroatoms. The molecule has 0 amide bonds. The van der Waals surface area contributed by atoms with Crippen LogP contribution < -0.4 is 5.32 Å². The van der Waals surface area contributed by atoms with Crippen LogP contribution in [-0.4, -0.2) is 12.6 Å². The Labute approximate surface area is 88.7 Å². The van der Waals surface area contributed by atoms with E-state index < -0.39 is 0 Å². The first-order valence-corrected chi connectivity index (χ1v) is 6.43. The average molecular weight is 195 g/mol. The summed E-state index contributed by atoms with van der Waals surface area (Å²) in [5, 5.41) is 3.75. The highest BCUT2D eigenvalue weighted by Crippen LogP contribution is 2.44. The van der Waals surface area contributed by atoms with E-state index in [-0.39, 0.29) is 0 Å². The molecule has 1 atom stereocenters. The number of rotatable bonds is 4. The molecule has 0 saturated heterocycles. The molecule has 2 rings (SSSR count). The molecular weight excluding hydrogens is 170 g/mol. The fourth-order valence-electron chi connectivity index (χ4n) is 2.60. The third-order valence-corrected chi connectivity index (χ3v) is 4.31. The van der Waals surface area contributed by atoms with Gasteiger partial charge in [0.25, 0.3) is 0 Å². The molecule has 1 nitrogen and oxygen atoms in total. The Morgan fingerprint density at radius 3 is 2.43 bits per heavy atom. The maximum Gasteiger partial charge on any atom is 0.00672 e. The Bertz CT molecular complexity index is 178. The highest BCUT2D eigenvalue weighted by molar-refractivity contribution is 4.91. The maximum absolute atomic E-state index is 3.75. The Kier molecular flexibility index (Phi) is 3.16. The van der Waals surface area contributed by atoms with Gasteiger partial charge in [0.2, 0.25) is 0 Å². The van der Waals surface area contributed by atoms with Crippen LogP contribution in [0.3, 0.4) is 0 Å². The van der Waals surface area contributed by atoms with Crippen LogP contribution in [0.1, 0.15) is 58.8 Å². The Hall–Kier alpha value is -0.0400. The van der Waals surface area contributed by atoms with Gasteiger partial charge in [-0.25, -0.2) is 0 Å². The van der Waals surface area contributed by atoms with Crippen LogP contribution in [0.15, 0.2) is 0 Å². The summed E-state index contributed by atoms with van der Waals surface area (Å²) in [6, 6.07) is 0.757. The number of hydrogen-bond donors (Lipinski definition) is 1. The summed E-state index contributed by atoms with van der Waals surface area (Å²) in [6.45, 7) is 6.06. The van der Waals surface area contributed by atoms with Gasteiger partial charge in [0, 0.05) is 12.6 Å². The van der Waals surface area contributed by atoms with Gasteiger partial charge in [-0.3, -0.25) is 0 Å². The Morgan fingerprint density at radius 1 is 1.21 bits per heavy atom. The monoisotopic (exact) mass is 195 g/mol. The third kappa shape index (κ3) is 2.73. The Balaban J connectivity index is 1.68. The second-order valence-electron chi connectivity index (χ2n) is 5.88. The van der Waals surface area contributed by atoms with E-state index in [1.54, 1.807) is 0 Å². The third-order valence-electron chi connectivity index (χ3n) is 4.31. The summed E-state index contributed by atoms with van der Waals surface area (Å²) in [5.74, 6) is 0.964. The molecular formula is C13H25N. The molecule has 82 valence electrons. The van der Waals surface area contributed by atoms with Crippen molar-refractivity contribution in [3.63, 3.8) is 0 Å². The molecule has 0 heterocycles. The standard InChI is InChI=1S/C13H25N/c1-11(12-6-4-3-5-7-12)14-10-13(2)8-9-13/h11-12,14H,3-10H2,1-2H3. The highest BCUT2D eigenvalue weighted by Gasteiger charge is 2.37. The van der Waals surface area contributed by atoms with Crippen molar-refractivity contribution < 1.29 is 0 Å². The summed E-state index contributed by atoms with van der Waals surface area (Å²) in [7, 11) is 0. The summed E-state index contributed by atoms with van der Waals surface area (Å²) < 4.78 is 0. The lowest BCUT2D eigenvalue weighted by atomic mass is 9.84. The molecule has 1 unspecified atom stereocenters. The van der Waals surface area contributed by atoms with Crippen molar-refractivity contribution in [2.75, 3.05) is 6.54 Å².